The molecular weight excluding hydrogens is 110 g/mol. The van der Waals surface area contributed by atoms with Gasteiger partial charge in [-0.05, 0) is 18.9 Å². The van der Waals surface area contributed by atoms with E-state index < -0.39 is 0 Å². The minimum absolute atomic E-state index is 0.701. The molecule has 1 heteroatoms. The molecule has 0 radical (unpaired) electrons. The quantitative estimate of drug-likeness (QED) is 0.440. The summed E-state index contributed by atoms with van der Waals surface area (Å²) >= 11 is 0. The minimum Gasteiger partial charge on any atom is -0.306 e. The fraction of sp³-hybridized carbons (Fsp3) is 0.750. The van der Waals surface area contributed by atoms with Crippen LogP contribution in [0.15, 0.2) is 0 Å². The summed E-state index contributed by atoms with van der Waals surface area (Å²) in [5.41, 5.74) is 0. The minimum atomic E-state index is 0.701. The van der Waals surface area contributed by atoms with Crippen LogP contribution in [0, 0.1) is 18.3 Å². The van der Waals surface area contributed by atoms with Crippen molar-refractivity contribution in [2.24, 2.45) is 5.92 Å². The van der Waals surface area contributed by atoms with Crippen molar-refractivity contribution in [3.05, 3.63) is 0 Å². The molecule has 0 atom stereocenters. The van der Waals surface area contributed by atoms with Gasteiger partial charge in [-0.3, -0.25) is 0 Å². The highest BCUT2D eigenvalue weighted by Crippen LogP contribution is 1.95. The Morgan fingerprint density at radius 2 is 2.22 bits per heavy atom. The van der Waals surface area contributed by atoms with Gasteiger partial charge in [0.1, 0.15) is 0 Å². The zero-order valence-corrected chi connectivity index (χ0v) is 6.28. The fourth-order valence-corrected chi connectivity index (χ4v) is 0.551. The summed E-state index contributed by atoms with van der Waals surface area (Å²) in [6.07, 6.45) is 6.24. The smallest absolute Gasteiger partial charge is 0.0573 e. The molecule has 0 rings (SSSR count). The summed E-state index contributed by atoms with van der Waals surface area (Å²) in [5.74, 6) is 3.30. The highest BCUT2D eigenvalue weighted by Gasteiger charge is 1.90. The normalized spacial score (nSPS) is 9.56. The lowest BCUT2D eigenvalue weighted by molar-refractivity contribution is 0.554. The summed E-state index contributed by atoms with van der Waals surface area (Å²) < 4.78 is 0. The lowest BCUT2D eigenvalue weighted by Gasteiger charge is -2.02. The van der Waals surface area contributed by atoms with Crippen molar-refractivity contribution < 1.29 is 0 Å². The van der Waals surface area contributed by atoms with E-state index in [1.807, 2.05) is 0 Å². The number of nitrogens with one attached hydrogen (secondary N) is 1. The second-order valence-corrected chi connectivity index (χ2v) is 2.56. The Hall–Kier alpha value is -0.480. The van der Waals surface area contributed by atoms with Crippen LogP contribution in [-0.4, -0.2) is 13.1 Å². The van der Waals surface area contributed by atoms with Crippen LogP contribution in [0.1, 0.15) is 20.3 Å². The van der Waals surface area contributed by atoms with Gasteiger partial charge in [0.25, 0.3) is 0 Å². The second-order valence-electron chi connectivity index (χ2n) is 2.56. The molecule has 1 nitrogen and oxygen atoms in total. The van der Waals surface area contributed by atoms with Crippen LogP contribution in [-0.2, 0) is 0 Å². The van der Waals surface area contributed by atoms with Crippen molar-refractivity contribution in [3.63, 3.8) is 0 Å². The summed E-state index contributed by atoms with van der Waals surface area (Å²) in [4.78, 5) is 0. The van der Waals surface area contributed by atoms with E-state index in [-0.39, 0.29) is 0 Å². The lowest BCUT2D eigenvalue weighted by Crippen LogP contribution is -2.16. The number of terminal acetylenes is 1. The average Bonchev–Trinajstić information content (AvgIpc) is 1.80. The molecule has 0 spiro atoms. The van der Waals surface area contributed by atoms with E-state index in [0.717, 1.165) is 12.5 Å². The third-order valence-electron chi connectivity index (χ3n) is 1.13. The Morgan fingerprint density at radius 1 is 1.56 bits per heavy atom. The average molecular weight is 125 g/mol. The van der Waals surface area contributed by atoms with Crippen LogP contribution in [0.2, 0.25) is 0 Å². The van der Waals surface area contributed by atoms with Gasteiger partial charge in [-0.25, -0.2) is 0 Å². The molecule has 1 N–H and O–H groups in total. The maximum Gasteiger partial charge on any atom is 0.0573 e. The van der Waals surface area contributed by atoms with Crippen molar-refractivity contribution in [1.29, 1.82) is 0 Å². The number of hydrogen-bond acceptors (Lipinski definition) is 1. The van der Waals surface area contributed by atoms with Gasteiger partial charge in [0.2, 0.25) is 0 Å². The molecule has 0 fully saturated rings. The molecule has 52 valence electrons. The summed E-state index contributed by atoms with van der Waals surface area (Å²) in [5, 5.41) is 3.13. The van der Waals surface area contributed by atoms with Crippen molar-refractivity contribution >= 4 is 0 Å². The molecule has 0 aliphatic carbocycles. The molecule has 0 bridgehead atoms. The first-order valence-electron chi connectivity index (χ1n) is 3.41. The molecule has 0 aromatic heterocycles. The molecular formula is C8H15N. The maximum atomic E-state index is 5.03. The van der Waals surface area contributed by atoms with Crippen molar-refractivity contribution in [2.45, 2.75) is 20.3 Å². The predicted molar refractivity (Wildman–Crippen MR) is 41.2 cm³/mol. The Bertz CT molecular complexity index is 89.2. The van der Waals surface area contributed by atoms with Gasteiger partial charge < -0.3 is 5.32 Å². The lowest BCUT2D eigenvalue weighted by atomic mass is 10.1. The summed E-state index contributed by atoms with van der Waals surface area (Å²) in [6.45, 7) is 6.16. The zero-order valence-electron chi connectivity index (χ0n) is 6.28. The van der Waals surface area contributed by atoms with E-state index in [0.29, 0.717) is 6.54 Å². The van der Waals surface area contributed by atoms with E-state index in [1.165, 1.54) is 6.42 Å². The van der Waals surface area contributed by atoms with Crippen LogP contribution in [0.4, 0.5) is 0 Å². The predicted octanol–water partition coefficient (Wildman–Crippen LogP) is 1.26. The molecule has 0 aliphatic rings. The third kappa shape index (κ3) is 7.52. The Morgan fingerprint density at radius 3 is 2.67 bits per heavy atom. The highest BCUT2D eigenvalue weighted by atomic mass is 14.8. The van der Waals surface area contributed by atoms with Crippen LogP contribution in [0.25, 0.3) is 0 Å². The Balaban J connectivity index is 2.85. The number of rotatable bonds is 4. The summed E-state index contributed by atoms with van der Waals surface area (Å²) in [6, 6.07) is 0. The number of hydrogen-bond donors (Lipinski definition) is 1. The van der Waals surface area contributed by atoms with E-state index in [9.17, 15) is 0 Å². The van der Waals surface area contributed by atoms with Crippen LogP contribution in [0.5, 0.6) is 0 Å². The fourth-order valence-electron chi connectivity index (χ4n) is 0.551. The second kappa shape index (κ2) is 5.65. The first kappa shape index (κ1) is 8.52. The molecule has 0 amide bonds. The van der Waals surface area contributed by atoms with Gasteiger partial charge in [0.05, 0.1) is 6.54 Å². The monoisotopic (exact) mass is 125 g/mol. The van der Waals surface area contributed by atoms with E-state index >= 15 is 0 Å². The first-order valence-corrected chi connectivity index (χ1v) is 3.41. The topological polar surface area (TPSA) is 12.0 Å². The molecule has 0 aromatic carbocycles. The SMILES string of the molecule is C#CCNCCC(C)C. The van der Waals surface area contributed by atoms with Gasteiger partial charge in [-0.15, -0.1) is 6.42 Å². The van der Waals surface area contributed by atoms with E-state index in [2.05, 4.69) is 25.1 Å². The van der Waals surface area contributed by atoms with E-state index in [4.69, 9.17) is 6.42 Å². The zero-order chi connectivity index (χ0) is 7.11. The molecule has 0 heterocycles. The molecule has 0 aliphatic heterocycles. The van der Waals surface area contributed by atoms with Crippen molar-refractivity contribution in [1.82, 2.24) is 5.32 Å². The Kier molecular flexibility index (Phi) is 5.35. The van der Waals surface area contributed by atoms with Crippen LogP contribution < -0.4 is 5.32 Å². The van der Waals surface area contributed by atoms with Gasteiger partial charge in [0, 0.05) is 0 Å². The molecule has 0 saturated carbocycles. The van der Waals surface area contributed by atoms with Crippen molar-refractivity contribution in [3.8, 4) is 12.3 Å². The maximum absolute atomic E-state index is 5.03. The first-order chi connectivity index (χ1) is 4.27. The van der Waals surface area contributed by atoms with Gasteiger partial charge in [-0.2, -0.15) is 0 Å². The van der Waals surface area contributed by atoms with Gasteiger partial charge in [0.15, 0.2) is 0 Å². The largest absolute Gasteiger partial charge is 0.306 e. The van der Waals surface area contributed by atoms with E-state index in [1.54, 1.807) is 0 Å². The molecule has 0 unspecified atom stereocenters. The van der Waals surface area contributed by atoms with Crippen LogP contribution >= 0.6 is 0 Å². The van der Waals surface area contributed by atoms with Crippen LogP contribution in [0.3, 0.4) is 0 Å². The Labute approximate surface area is 57.8 Å². The van der Waals surface area contributed by atoms with Gasteiger partial charge in [-0.1, -0.05) is 19.8 Å². The summed E-state index contributed by atoms with van der Waals surface area (Å²) in [7, 11) is 0. The van der Waals surface area contributed by atoms with Gasteiger partial charge >= 0.3 is 0 Å². The standard InChI is InChI=1S/C8H15N/c1-4-6-9-7-5-8(2)3/h1,8-9H,5-7H2,2-3H3. The third-order valence-corrected chi connectivity index (χ3v) is 1.13. The molecule has 0 saturated heterocycles. The van der Waals surface area contributed by atoms with Crippen molar-refractivity contribution in [2.75, 3.05) is 13.1 Å². The molecule has 9 heavy (non-hydrogen) atoms. The highest BCUT2D eigenvalue weighted by molar-refractivity contribution is 4.86. The molecule has 0 aromatic rings.